The van der Waals surface area contributed by atoms with Crippen molar-refractivity contribution < 1.29 is 24.9 Å². The third kappa shape index (κ3) is 3.90. The van der Waals surface area contributed by atoms with Gasteiger partial charge in [-0.2, -0.15) is 0 Å². The Balaban J connectivity index is 2.85. The maximum absolute atomic E-state index is 10.9. The second kappa shape index (κ2) is 6.22. The molecule has 0 aliphatic carbocycles. The first-order chi connectivity index (χ1) is 8.43. The van der Waals surface area contributed by atoms with Crippen LogP contribution in [0.2, 0.25) is 0 Å². The fourth-order valence-corrected chi connectivity index (χ4v) is 1.69. The molecule has 0 radical (unpaired) electrons. The molecular weight excluding hydrogens is 242 g/mol. The monoisotopic (exact) mass is 259 g/mol. The fourth-order valence-electron chi connectivity index (χ4n) is 1.69. The number of guanidine groups is 1. The quantitative estimate of drug-likeness (QED) is 0.286. The number of aliphatic carboxylic acids is 1. The Morgan fingerprint density at radius 2 is 2.28 bits per heavy atom. The van der Waals surface area contributed by atoms with Gasteiger partial charge in [0.15, 0.2) is 5.96 Å². The summed E-state index contributed by atoms with van der Waals surface area (Å²) in [4.78, 5) is 14.7. The molecule has 1 heterocycles. The zero-order valence-electron chi connectivity index (χ0n) is 9.69. The van der Waals surface area contributed by atoms with Crippen molar-refractivity contribution in [3.05, 3.63) is 11.8 Å². The van der Waals surface area contributed by atoms with Crippen LogP contribution in [0.25, 0.3) is 0 Å². The summed E-state index contributed by atoms with van der Waals surface area (Å²) >= 11 is 0. The molecule has 0 bridgehead atoms. The molecule has 8 nitrogen and oxygen atoms in total. The zero-order valence-corrected chi connectivity index (χ0v) is 9.69. The van der Waals surface area contributed by atoms with Crippen LogP contribution < -0.4 is 11.5 Å². The van der Waals surface area contributed by atoms with Crippen molar-refractivity contribution in [2.24, 2.45) is 16.5 Å². The highest BCUT2D eigenvalue weighted by molar-refractivity contribution is 5.84. The minimum Gasteiger partial charge on any atom is -0.481 e. The Morgan fingerprint density at radius 3 is 2.78 bits per heavy atom. The highest BCUT2D eigenvalue weighted by atomic mass is 16.5. The van der Waals surface area contributed by atoms with Gasteiger partial charge in [-0.25, -0.2) is 9.79 Å². The lowest BCUT2D eigenvalue weighted by Gasteiger charge is -2.29. The van der Waals surface area contributed by atoms with Crippen LogP contribution in [0.3, 0.4) is 0 Å². The van der Waals surface area contributed by atoms with Gasteiger partial charge < -0.3 is 31.5 Å². The Labute approximate surface area is 104 Å². The molecule has 0 aromatic carbocycles. The van der Waals surface area contributed by atoms with Crippen LogP contribution in [-0.4, -0.2) is 52.1 Å². The Bertz CT molecular complexity index is 365. The van der Waals surface area contributed by atoms with E-state index in [4.69, 9.17) is 26.4 Å². The van der Waals surface area contributed by atoms with Crippen LogP contribution in [0.15, 0.2) is 16.8 Å². The number of rotatable bonds is 5. The van der Waals surface area contributed by atoms with Gasteiger partial charge in [0.25, 0.3) is 0 Å². The summed E-state index contributed by atoms with van der Waals surface area (Å²) in [6.07, 6.45) is -0.122. The first-order valence-electron chi connectivity index (χ1n) is 5.43. The molecule has 3 unspecified atom stereocenters. The first-order valence-corrected chi connectivity index (χ1v) is 5.43. The number of nitrogens with two attached hydrogens (primary N) is 2. The zero-order chi connectivity index (χ0) is 13.7. The van der Waals surface area contributed by atoms with Crippen LogP contribution in [0.4, 0.5) is 0 Å². The van der Waals surface area contributed by atoms with E-state index in [2.05, 4.69) is 4.99 Å². The molecule has 8 heteroatoms. The molecule has 1 rings (SSSR count). The molecule has 1 aliphatic rings. The summed E-state index contributed by atoms with van der Waals surface area (Å²) in [6, 6.07) is -0.562. The second-order valence-corrected chi connectivity index (χ2v) is 3.93. The van der Waals surface area contributed by atoms with E-state index in [-0.39, 0.29) is 31.2 Å². The minimum absolute atomic E-state index is 0.0894. The first kappa shape index (κ1) is 14.3. The number of carboxylic acid groups (broad SMARTS) is 1. The maximum atomic E-state index is 10.9. The minimum atomic E-state index is -1.26. The van der Waals surface area contributed by atoms with E-state index in [1.54, 1.807) is 0 Å². The predicted molar refractivity (Wildman–Crippen MR) is 62.5 cm³/mol. The van der Waals surface area contributed by atoms with Gasteiger partial charge in [0.05, 0.1) is 12.1 Å². The van der Waals surface area contributed by atoms with E-state index in [0.717, 1.165) is 0 Å². The van der Waals surface area contributed by atoms with Gasteiger partial charge in [0.2, 0.25) is 5.76 Å². The summed E-state index contributed by atoms with van der Waals surface area (Å²) in [6.45, 7) is -0.222. The van der Waals surface area contributed by atoms with Gasteiger partial charge in [-0.1, -0.05) is 0 Å². The number of ether oxygens (including phenoxy) is 1. The molecule has 0 saturated carbocycles. The molecule has 0 spiro atoms. The average molecular weight is 259 g/mol. The fraction of sp³-hybridized carbons (Fsp3) is 0.600. The molecule has 3 atom stereocenters. The lowest BCUT2D eigenvalue weighted by Crippen LogP contribution is -2.38. The molecule has 0 saturated heterocycles. The number of aliphatic hydroxyl groups excluding tert-OH is 2. The molecule has 0 amide bonds. The number of carboxylic acids is 1. The van der Waals surface area contributed by atoms with Crippen molar-refractivity contribution in [3.8, 4) is 0 Å². The number of hydrogen-bond donors (Lipinski definition) is 5. The van der Waals surface area contributed by atoms with Gasteiger partial charge in [-0.3, -0.25) is 0 Å². The van der Waals surface area contributed by atoms with Crippen molar-refractivity contribution >= 4 is 11.9 Å². The van der Waals surface area contributed by atoms with Gasteiger partial charge >= 0.3 is 5.97 Å². The maximum Gasteiger partial charge on any atom is 0.370 e. The van der Waals surface area contributed by atoms with Gasteiger partial charge in [0.1, 0.15) is 6.10 Å². The predicted octanol–water partition coefficient (Wildman–Crippen LogP) is -1.87. The number of aliphatic imine (C=N–C) groups is 1. The molecule has 102 valence electrons. The van der Waals surface area contributed by atoms with E-state index in [1.807, 2.05) is 0 Å². The standard InChI is InChI=1S/C10H17N3O5/c11-10(12)13-5-3-7(6(15)1-2-14)18-8(4-5)9(16)17/h4-7,14-15H,1-3H2,(H,16,17)(H4,11,12,13). The molecule has 0 fully saturated rings. The molecule has 18 heavy (non-hydrogen) atoms. The third-order valence-electron chi connectivity index (χ3n) is 2.48. The lowest BCUT2D eigenvalue weighted by molar-refractivity contribution is -0.140. The average Bonchev–Trinajstić information content (AvgIpc) is 2.27. The van der Waals surface area contributed by atoms with E-state index >= 15 is 0 Å². The summed E-state index contributed by atoms with van der Waals surface area (Å²) in [5.41, 5.74) is 10.5. The highest BCUT2D eigenvalue weighted by Crippen LogP contribution is 2.23. The number of hydrogen-bond acceptors (Lipinski definition) is 5. The van der Waals surface area contributed by atoms with Gasteiger partial charge in [0, 0.05) is 19.4 Å². The summed E-state index contributed by atoms with van der Waals surface area (Å²) in [5.74, 6) is -1.73. The Morgan fingerprint density at radius 1 is 1.61 bits per heavy atom. The van der Waals surface area contributed by atoms with Gasteiger partial charge in [-0.05, 0) is 6.08 Å². The summed E-state index contributed by atoms with van der Waals surface area (Å²) in [5, 5.41) is 27.3. The SMILES string of the molecule is NC(N)=NC1C=C(C(=O)O)OC(C(O)CCO)C1. The van der Waals surface area contributed by atoms with Crippen molar-refractivity contribution in [1.82, 2.24) is 0 Å². The van der Waals surface area contributed by atoms with Crippen LogP contribution in [0.1, 0.15) is 12.8 Å². The smallest absolute Gasteiger partial charge is 0.370 e. The van der Waals surface area contributed by atoms with Crippen LogP contribution in [-0.2, 0) is 9.53 Å². The molecule has 0 aromatic rings. The third-order valence-corrected chi connectivity index (χ3v) is 2.48. The molecule has 0 aromatic heterocycles. The molecule has 1 aliphatic heterocycles. The van der Waals surface area contributed by atoms with Crippen LogP contribution >= 0.6 is 0 Å². The van der Waals surface area contributed by atoms with E-state index in [1.165, 1.54) is 6.08 Å². The van der Waals surface area contributed by atoms with E-state index in [9.17, 15) is 9.90 Å². The van der Waals surface area contributed by atoms with Gasteiger partial charge in [-0.15, -0.1) is 0 Å². The van der Waals surface area contributed by atoms with Crippen LogP contribution in [0.5, 0.6) is 0 Å². The topological polar surface area (TPSA) is 151 Å². The number of aliphatic hydroxyl groups is 2. The summed E-state index contributed by atoms with van der Waals surface area (Å²) < 4.78 is 5.12. The van der Waals surface area contributed by atoms with Crippen molar-refractivity contribution in [1.29, 1.82) is 0 Å². The normalized spacial score (nSPS) is 24.7. The summed E-state index contributed by atoms with van der Waals surface area (Å²) in [7, 11) is 0. The van der Waals surface area contributed by atoms with E-state index in [0.29, 0.717) is 0 Å². The highest BCUT2D eigenvalue weighted by Gasteiger charge is 2.31. The van der Waals surface area contributed by atoms with E-state index < -0.39 is 24.2 Å². The second-order valence-electron chi connectivity index (χ2n) is 3.93. The van der Waals surface area contributed by atoms with Crippen molar-refractivity contribution in [2.75, 3.05) is 6.61 Å². The molecular formula is C10H17N3O5. The molecule has 7 N–H and O–H groups in total. The lowest BCUT2D eigenvalue weighted by atomic mass is 9.99. The Kier molecular flexibility index (Phi) is 4.93. The van der Waals surface area contributed by atoms with Crippen LogP contribution in [0, 0.1) is 0 Å². The largest absolute Gasteiger partial charge is 0.481 e. The number of carbonyl (C=O) groups is 1. The Hall–Kier alpha value is -1.80. The number of nitrogens with zero attached hydrogens (tertiary/aromatic N) is 1. The van der Waals surface area contributed by atoms with Crippen molar-refractivity contribution in [2.45, 2.75) is 31.1 Å². The van der Waals surface area contributed by atoms with Crippen molar-refractivity contribution in [3.63, 3.8) is 0 Å².